The van der Waals surface area contributed by atoms with Crippen molar-refractivity contribution in [3.8, 4) is 67.5 Å². The molecule has 0 aliphatic carbocycles. The molecule has 306 valence electrons. The molecule has 2 aromatic heterocycles. The average molecular weight is 968 g/mol. The van der Waals surface area contributed by atoms with Gasteiger partial charge in [-0.2, -0.15) is 0 Å². The Hall–Kier alpha value is -5.57. The van der Waals surface area contributed by atoms with Gasteiger partial charge >= 0.3 is 0 Å². The van der Waals surface area contributed by atoms with E-state index in [0.717, 1.165) is 78.9 Å². The molecule has 0 bridgehead atoms. The van der Waals surface area contributed by atoms with Crippen molar-refractivity contribution in [3.63, 3.8) is 0 Å². The quantitative estimate of drug-likeness (QED) is 0.154. The molecule has 0 atom stereocenters. The number of nitrogens with zero attached hydrogens (tertiary/aromatic N) is 3. The van der Waals surface area contributed by atoms with E-state index in [4.69, 9.17) is 9.97 Å². The number of rotatable bonds is 8. The Bertz CT molecular complexity index is 2810. The summed E-state index contributed by atoms with van der Waals surface area (Å²) in [7, 11) is 0. The molecule has 8 rings (SSSR count). The van der Waals surface area contributed by atoms with E-state index in [1.807, 2.05) is 19.2 Å². The van der Waals surface area contributed by atoms with Crippen LogP contribution in [-0.2, 0) is 38.3 Å². The Labute approximate surface area is 370 Å². The Morgan fingerprint density at radius 2 is 1.28 bits per heavy atom. The van der Waals surface area contributed by atoms with Crippen molar-refractivity contribution in [2.75, 3.05) is 0 Å². The average Bonchev–Trinajstić information content (AvgIpc) is 3.61. The maximum atomic E-state index is 12.0. The minimum atomic E-state index is -0.146. The van der Waals surface area contributed by atoms with E-state index in [1.54, 1.807) is 0 Å². The first kappa shape index (κ1) is 42.5. The second-order valence-electron chi connectivity index (χ2n) is 18.4. The van der Waals surface area contributed by atoms with Crippen LogP contribution in [0.1, 0.15) is 77.6 Å². The summed E-state index contributed by atoms with van der Waals surface area (Å²) in [5.74, 6) is 1.44. The second-order valence-corrected chi connectivity index (χ2v) is 18.4. The summed E-state index contributed by atoms with van der Waals surface area (Å²) < 4.78 is 2.26. The Morgan fingerprint density at radius 3 is 1.95 bits per heavy atom. The van der Waals surface area contributed by atoms with Gasteiger partial charge in [-0.15, -0.1) is 29.3 Å². The zero-order valence-electron chi connectivity index (χ0n) is 36.2. The molecule has 0 saturated carbocycles. The van der Waals surface area contributed by atoms with E-state index >= 15 is 0 Å². The number of aromatic hydroxyl groups is 1. The molecule has 1 N–H and O–H groups in total. The van der Waals surface area contributed by atoms with Gasteiger partial charge in [0, 0.05) is 38.5 Å². The predicted molar refractivity (Wildman–Crippen MR) is 247 cm³/mol. The van der Waals surface area contributed by atoms with Crippen LogP contribution in [-0.4, -0.2) is 19.6 Å². The number of benzene rings is 6. The van der Waals surface area contributed by atoms with Gasteiger partial charge in [0.25, 0.3) is 0 Å². The number of aryl methyl sites for hydroxylation is 1. The van der Waals surface area contributed by atoms with Gasteiger partial charge in [-0.3, -0.25) is 9.55 Å². The zero-order valence-corrected chi connectivity index (χ0v) is 38.4. The summed E-state index contributed by atoms with van der Waals surface area (Å²) >= 11 is 0. The Balaban J connectivity index is 0.00000544. The molecule has 8 aromatic rings. The van der Waals surface area contributed by atoms with Gasteiger partial charge in [0.1, 0.15) is 11.6 Å². The number of pyridine rings is 1. The second kappa shape index (κ2) is 16.8. The third-order valence-electron chi connectivity index (χ3n) is 11.3. The molecule has 2 heterocycles. The number of phenolic OH excluding ortho intramolecular Hbond substituents is 1. The van der Waals surface area contributed by atoms with E-state index in [9.17, 15) is 5.11 Å². The summed E-state index contributed by atoms with van der Waals surface area (Å²) in [5.41, 5.74) is 15.8. The molecule has 0 unspecified atom stereocenters. The third-order valence-corrected chi connectivity index (χ3v) is 11.3. The maximum absolute atomic E-state index is 12.0. The van der Waals surface area contributed by atoms with Crippen LogP contribution in [0.3, 0.4) is 0 Å². The molecule has 5 heteroatoms. The van der Waals surface area contributed by atoms with Crippen molar-refractivity contribution in [1.82, 2.24) is 14.5 Å². The van der Waals surface area contributed by atoms with Crippen LogP contribution in [0.5, 0.6) is 5.75 Å². The molecule has 0 fully saturated rings. The fraction of sp³-hybridized carbons (Fsp3) is 0.236. The topological polar surface area (TPSA) is 50.9 Å². The van der Waals surface area contributed by atoms with Gasteiger partial charge in [0.2, 0.25) is 0 Å². The van der Waals surface area contributed by atoms with Gasteiger partial charge in [0.15, 0.2) is 0 Å². The van der Waals surface area contributed by atoms with E-state index in [0.29, 0.717) is 17.3 Å². The first-order valence-electron chi connectivity index (χ1n) is 20.8. The zero-order chi connectivity index (χ0) is 41.6. The first-order chi connectivity index (χ1) is 28.2. The van der Waals surface area contributed by atoms with Crippen molar-refractivity contribution in [2.45, 2.75) is 79.6 Å². The monoisotopic (exact) mass is 967 g/mol. The van der Waals surface area contributed by atoms with Crippen molar-refractivity contribution in [2.24, 2.45) is 5.92 Å². The maximum Gasteiger partial charge on any atom is 0.148 e. The SMILES string of the molecule is Cc1cc(C(C)(C)C)cc(-c2nc3c(-c4[c-]c(-c5cc(-c6ccccc6)ccn5)cc(C(C)(C)C)c4)cccc3n2-c2ccc(CC(C)C)cc2-c2ccccc2)c1O.[Pt]. The van der Waals surface area contributed by atoms with Crippen molar-refractivity contribution >= 4 is 11.0 Å². The standard InChI is InChI=1S/C55H54N3O.Pt/c1-35(2)27-37-23-24-49(46(29-37)39-19-14-11-15-20-39)58-50-22-16-21-45(51(50)57-53(58)47-34-43(54(4,5)6)28-36(3)52(47)59)41-30-42(32-44(31-41)55(7,8)9)48-33-40(25-26-56-48)38-17-12-10-13-18-38;/h10-26,28-29,31-35,59H,27H2,1-9H3;/q-1;. The van der Waals surface area contributed by atoms with Crippen molar-refractivity contribution < 1.29 is 26.2 Å². The van der Waals surface area contributed by atoms with Crippen LogP contribution >= 0.6 is 0 Å². The largest absolute Gasteiger partial charge is 0.507 e. The molecule has 0 amide bonds. The molecule has 0 radical (unpaired) electrons. The summed E-state index contributed by atoms with van der Waals surface area (Å²) in [5, 5.41) is 12.0. The molecular formula is C55H54N3OPt-. The number of aromatic nitrogens is 3. The number of hydrogen-bond donors (Lipinski definition) is 1. The molecule has 0 saturated heterocycles. The summed E-state index contributed by atoms with van der Waals surface area (Å²) in [6.45, 7) is 19.9. The third kappa shape index (κ3) is 8.54. The molecule has 6 aromatic carbocycles. The van der Waals surface area contributed by atoms with E-state index in [1.165, 1.54) is 11.1 Å². The van der Waals surface area contributed by atoms with Crippen LogP contribution in [0.25, 0.3) is 72.7 Å². The molecule has 4 nitrogen and oxygen atoms in total. The molecule has 0 aliphatic heterocycles. The predicted octanol–water partition coefficient (Wildman–Crippen LogP) is 14.4. The van der Waals surface area contributed by atoms with Crippen LogP contribution in [0.4, 0.5) is 0 Å². The van der Waals surface area contributed by atoms with Gasteiger partial charge in [-0.25, -0.2) is 4.98 Å². The minimum absolute atomic E-state index is 0. The van der Waals surface area contributed by atoms with Crippen LogP contribution in [0, 0.1) is 18.9 Å². The Kier molecular flexibility index (Phi) is 11.9. The molecule has 0 spiro atoms. The van der Waals surface area contributed by atoms with Gasteiger partial charge in [-0.1, -0.05) is 158 Å². The fourth-order valence-electron chi connectivity index (χ4n) is 8.02. The first-order valence-corrected chi connectivity index (χ1v) is 20.8. The molecular weight excluding hydrogens is 914 g/mol. The number of hydrogen-bond acceptors (Lipinski definition) is 3. The van der Waals surface area contributed by atoms with Crippen LogP contribution in [0.2, 0.25) is 0 Å². The van der Waals surface area contributed by atoms with Gasteiger partial charge < -0.3 is 5.11 Å². The van der Waals surface area contributed by atoms with Gasteiger partial charge in [0.05, 0.1) is 22.3 Å². The summed E-state index contributed by atoms with van der Waals surface area (Å²) in [6.07, 6.45) is 2.86. The summed E-state index contributed by atoms with van der Waals surface area (Å²) in [6, 6.07) is 51.1. The van der Waals surface area contributed by atoms with Crippen molar-refractivity contribution in [1.29, 1.82) is 0 Å². The molecule has 60 heavy (non-hydrogen) atoms. The smallest absolute Gasteiger partial charge is 0.148 e. The van der Waals surface area contributed by atoms with Gasteiger partial charge in [-0.05, 0) is 93.8 Å². The van der Waals surface area contributed by atoms with Crippen molar-refractivity contribution in [3.05, 3.63) is 168 Å². The fourth-order valence-corrected chi connectivity index (χ4v) is 8.02. The van der Waals surface area contributed by atoms with Crippen LogP contribution in [0.15, 0.2) is 140 Å². The minimum Gasteiger partial charge on any atom is -0.507 e. The number of fused-ring (bicyclic) bond motifs is 1. The molecule has 0 aliphatic rings. The number of imidazole rings is 1. The van der Waals surface area contributed by atoms with E-state index in [2.05, 4.69) is 193 Å². The Morgan fingerprint density at radius 1 is 0.633 bits per heavy atom. The van der Waals surface area contributed by atoms with E-state index < -0.39 is 0 Å². The normalized spacial score (nSPS) is 11.9. The summed E-state index contributed by atoms with van der Waals surface area (Å²) in [4.78, 5) is 10.5. The number of para-hydroxylation sites is 1. The van der Waals surface area contributed by atoms with Crippen LogP contribution < -0.4 is 0 Å². The number of phenols is 1. The van der Waals surface area contributed by atoms with E-state index in [-0.39, 0.29) is 37.6 Å².